The van der Waals surface area contributed by atoms with Crippen LogP contribution in [0.1, 0.15) is 24.8 Å². The van der Waals surface area contributed by atoms with Crippen LogP contribution in [-0.4, -0.2) is 37.2 Å². The first-order valence-corrected chi connectivity index (χ1v) is 8.93. The summed E-state index contributed by atoms with van der Waals surface area (Å²) in [5.41, 5.74) is 1.25. The van der Waals surface area contributed by atoms with Gasteiger partial charge in [-0.1, -0.05) is 42.3 Å². The second-order valence-corrected chi connectivity index (χ2v) is 6.54. The summed E-state index contributed by atoms with van der Waals surface area (Å²) >= 11 is 0. The van der Waals surface area contributed by atoms with Crippen LogP contribution >= 0.6 is 0 Å². The first kappa shape index (κ1) is 19.6. The van der Waals surface area contributed by atoms with Crippen molar-refractivity contribution >= 4 is 0 Å². The van der Waals surface area contributed by atoms with Gasteiger partial charge >= 0.3 is 0 Å². The molecule has 1 unspecified atom stereocenters. The molecule has 0 radical (unpaired) electrons. The molecule has 0 N–H and O–H groups in total. The molecule has 1 aliphatic heterocycles. The van der Waals surface area contributed by atoms with Crippen LogP contribution in [0.25, 0.3) is 0 Å². The van der Waals surface area contributed by atoms with Gasteiger partial charge < -0.3 is 21.9 Å². The van der Waals surface area contributed by atoms with Crippen LogP contribution in [0.15, 0.2) is 54.6 Å². The minimum absolute atomic E-state index is 0. The van der Waals surface area contributed by atoms with Crippen molar-refractivity contribution in [1.29, 1.82) is 0 Å². The van der Waals surface area contributed by atoms with Crippen LogP contribution in [0.2, 0.25) is 0 Å². The Morgan fingerprint density at radius 1 is 0.880 bits per heavy atom. The van der Waals surface area contributed by atoms with Gasteiger partial charge in [0.05, 0.1) is 0 Å². The van der Waals surface area contributed by atoms with Crippen molar-refractivity contribution in [2.24, 2.45) is 0 Å². The van der Waals surface area contributed by atoms with E-state index in [0.717, 1.165) is 18.0 Å². The number of ether oxygens (including phenoxy) is 2. The Morgan fingerprint density at radius 2 is 1.56 bits per heavy atom. The van der Waals surface area contributed by atoms with Crippen molar-refractivity contribution in [3.8, 4) is 11.5 Å². The molecule has 2 aromatic carbocycles. The third kappa shape index (κ3) is 6.60. The Morgan fingerprint density at radius 3 is 2.24 bits per heavy atom. The number of hydrogen-bond donors (Lipinski definition) is 0. The third-order valence-electron chi connectivity index (χ3n) is 4.41. The molecule has 136 valence electrons. The van der Waals surface area contributed by atoms with Crippen molar-refractivity contribution in [3.63, 3.8) is 0 Å². The predicted molar refractivity (Wildman–Crippen MR) is 97.8 cm³/mol. The summed E-state index contributed by atoms with van der Waals surface area (Å²) in [4.78, 5) is 2.50. The van der Waals surface area contributed by atoms with E-state index in [0.29, 0.717) is 6.61 Å². The number of benzene rings is 2. The lowest BCUT2D eigenvalue weighted by Crippen LogP contribution is -3.00. The molecule has 4 heteroatoms. The van der Waals surface area contributed by atoms with E-state index in [-0.39, 0.29) is 18.5 Å². The summed E-state index contributed by atoms with van der Waals surface area (Å²) in [5.74, 6) is 1.81. The molecular weight excluding hydrogens is 334 g/mol. The average Bonchev–Trinajstić information content (AvgIpc) is 2.63. The minimum Gasteiger partial charge on any atom is -1.00 e. The molecule has 1 heterocycles. The maximum absolute atomic E-state index is 6.23. The van der Waals surface area contributed by atoms with Crippen LogP contribution in [0, 0.1) is 6.92 Å². The van der Waals surface area contributed by atoms with Crippen LogP contribution in [0.5, 0.6) is 11.5 Å². The zero-order chi connectivity index (χ0) is 16.6. The number of likely N-dealkylation sites (tertiary alicyclic amines) is 1. The Hall–Kier alpha value is -1.71. The number of halogens is 1. The molecule has 1 fully saturated rings. The van der Waals surface area contributed by atoms with Gasteiger partial charge in [-0.05, 0) is 57.1 Å². The number of aryl methyl sites for hydroxylation is 1. The molecule has 0 aliphatic carbocycles. The third-order valence-corrected chi connectivity index (χ3v) is 4.41. The van der Waals surface area contributed by atoms with Gasteiger partial charge in [0.15, 0.2) is 0 Å². The molecule has 2 aromatic rings. The highest BCUT2D eigenvalue weighted by Crippen LogP contribution is 2.17. The summed E-state index contributed by atoms with van der Waals surface area (Å²) in [6, 6.07) is 18.2. The molecule has 0 bridgehead atoms. The topological polar surface area (TPSA) is 21.7 Å². The van der Waals surface area contributed by atoms with Gasteiger partial charge in [0, 0.05) is 6.54 Å². The number of piperidine rings is 1. The molecule has 1 aliphatic rings. The lowest BCUT2D eigenvalue weighted by molar-refractivity contribution is -0.00000599. The Kier molecular flexibility index (Phi) is 8.10. The summed E-state index contributed by atoms with van der Waals surface area (Å²) < 4.78 is 12.2. The van der Waals surface area contributed by atoms with E-state index in [9.17, 15) is 0 Å². The van der Waals surface area contributed by atoms with Gasteiger partial charge in [0.1, 0.15) is 24.2 Å². The monoisotopic (exact) mass is 360 g/mol. The van der Waals surface area contributed by atoms with Crippen LogP contribution in [0.3, 0.4) is 0 Å². The zero-order valence-corrected chi connectivity index (χ0v) is 15.6. The van der Waals surface area contributed by atoms with Crippen molar-refractivity contribution in [2.45, 2.75) is 32.3 Å². The molecule has 3 nitrogen and oxygen atoms in total. The van der Waals surface area contributed by atoms with Crippen LogP contribution < -0.4 is 21.9 Å². The lowest BCUT2D eigenvalue weighted by atomic mass is 10.1. The molecule has 0 aromatic heterocycles. The number of hydrogen-bond acceptors (Lipinski definition) is 3. The summed E-state index contributed by atoms with van der Waals surface area (Å²) in [6.45, 7) is 5.90. The van der Waals surface area contributed by atoms with E-state index in [1.54, 1.807) is 0 Å². The van der Waals surface area contributed by atoms with Gasteiger partial charge in [0.25, 0.3) is 0 Å². The minimum atomic E-state index is 0. The summed E-state index contributed by atoms with van der Waals surface area (Å²) in [6.07, 6.45) is 3.96. The highest BCUT2D eigenvalue weighted by atomic mass is 35.5. The van der Waals surface area contributed by atoms with Crippen LogP contribution in [0.4, 0.5) is 0 Å². The average molecular weight is 361 g/mol. The number of nitrogens with zero attached hydrogens (tertiary/aromatic N) is 1. The SMILES string of the molecule is Cc1ccc(OC(COc2ccccc2)CN2CCCCC2)cc1.[Cl-]. The maximum atomic E-state index is 6.23. The van der Waals surface area contributed by atoms with E-state index < -0.39 is 0 Å². The Bertz CT molecular complexity index is 597. The normalized spacial score (nSPS) is 15.9. The van der Waals surface area contributed by atoms with E-state index in [1.165, 1.54) is 37.9 Å². The molecular formula is C21H27ClNO2-. The van der Waals surface area contributed by atoms with Crippen molar-refractivity contribution in [3.05, 3.63) is 60.2 Å². The molecule has 25 heavy (non-hydrogen) atoms. The molecule has 0 saturated carbocycles. The van der Waals surface area contributed by atoms with Gasteiger partial charge in [-0.2, -0.15) is 0 Å². The lowest BCUT2D eigenvalue weighted by Gasteiger charge is -2.30. The smallest absolute Gasteiger partial charge is 0.145 e. The number of para-hydroxylation sites is 1. The molecule has 1 atom stereocenters. The number of rotatable bonds is 7. The van der Waals surface area contributed by atoms with Crippen LogP contribution in [-0.2, 0) is 0 Å². The Labute approximate surface area is 157 Å². The van der Waals surface area contributed by atoms with Gasteiger partial charge in [-0.25, -0.2) is 0 Å². The fourth-order valence-electron chi connectivity index (χ4n) is 3.07. The van der Waals surface area contributed by atoms with Gasteiger partial charge in [0.2, 0.25) is 0 Å². The standard InChI is InChI=1S/C21H27NO2.ClH/c1-18-10-12-20(13-11-18)24-21(16-22-14-6-3-7-15-22)17-23-19-8-4-2-5-9-19;/h2,4-5,8-13,21H,3,6-7,14-17H2,1H3;1H/p-1. The fraction of sp³-hybridized carbons (Fsp3) is 0.429. The van der Waals surface area contributed by atoms with Crippen molar-refractivity contribution in [2.75, 3.05) is 26.2 Å². The second kappa shape index (κ2) is 10.3. The molecule has 1 saturated heterocycles. The first-order valence-electron chi connectivity index (χ1n) is 8.93. The van der Waals surface area contributed by atoms with Crippen molar-refractivity contribution in [1.82, 2.24) is 4.90 Å². The molecule has 0 amide bonds. The Balaban J connectivity index is 0.00000225. The summed E-state index contributed by atoms with van der Waals surface area (Å²) in [5, 5.41) is 0. The van der Waals surface area contributed by atoms with Crippen molar-refractivity contribution < 1.29 is 21.9 Å². The zero-order valence-electron chi connectivity index (χ0n) is 14.9. The van der Waals surface area contributed by atoms with E-state index in [1.807, 2.05) is 42.5 Å². The molecule has 0 spiro atoms. The van der Waals surface area contributed by atoms with E-state index in [4.69, 9.17) is 9.47 Å². The van der Waals surface area contributed by atoms with Gasteiger partial charge in [-0.3, -0.25) is 4.90 Å². The quantitative estimate of drug-likeness (QED) is 0.743. The highest BCUT2D eigenvalue weighted by molar-refractivity contribution is 5.26. The van der Waals surface area contributed by atoms with Gasteiger partial charge in [-0.15, -0.1) is 0 Å². The largest absolute Gasteiger partial charge is 1.00 e. The summed E-state index contributed by atoms with van der Waals surface area (Å²) in [7, 11) is 0. The first-order chi connectivity index (χ1) is 11.8. The van der Waals surface area contributed by atoms with E-state index in [2.05, 4.69) is 24.0 Å². The molecule has 3 rings (SSSR count). The van der Waals surface area contributed by atoms with E-state index >= 15 is 0 Å². The maximum Gasteiger partial charge on any atom is 0.145 e. The predicted octanol–water partition coefficient (Wildman–Crippen LogP) is 1.31. The fourth-order valence-corrected chi connectivity index (χ4v) is 3.07. The second-order valence-electron chi connectivity index (χ2n) is 6.54. The highest BCUT2D eigenvalue weighted by Gasteiger charge is 2.19.